The number of hydrogen-bond acceptors (Lipinski definition) is 5. The summed E-state index contributed by atoms with van der Waals surface area (Å²) in [7, 11) is 0. The summed E-state index contributed by atoms with van der Waals surface area (Å²) in [6.07, 6.45) is 13.7. The van der Waals surface area contributed by atoms with Gasteiger partial charge in [-0.1, -0.05) is 19.8 Å². The van der Waals surface area contributed by atoms with Crippen molar-refractivity contribution in [1.29, 1.82) is 0 Å². The highest BCUT2D eigenvalue weighted by molar-refractivity contribution is 5.75. The standard InChI is InChI=1S/C26H37NO4/c1-25-9-5-10-26(16-30-26)23(25)13-19-20(24(28)31-22(19)14-25)15-27-21-8-3-2-6-17(21)12-18-7-4-11-29-18/h4,7,11,17,19-23,27H,2-3,5-6,8-10,12-16H2,1H3/t17-,19-,20-,21-,22-,23+,25-,26+/m1/s1. The highest BCUT2D eigenvalue weighted by atomic mass is 16.6. The van der Waals surface area contributed by atoms with Crippen LogP contribution >= 0.6 is 0 Å². The van der Waals surface area contributed by atoms with Crippen molar-refractivity contribution in [2.75, 3.05) is 13.2 Å². The quantitative estimate of drug-likeness (QED) is 0.554. The first-order valence-electron chi connectivity index (χ1n) is 12.7. The lowest BCUT2D eigenvalue weighted by molar-refractivity contribution is -0.147. The number of carbonyl (C=O) groups excluding carboxylic acids is 1. The molecule has 3 aliphatic carbocycles. The minimum Gasteiger partial charge on any atom is -0.469 e. The molecule has 0 radical (unpaired) electrons. The molecule has 5 heteroatoms. The van der Waals surface area contributed by atoms with Crippen LogP contribution in [-0.4, -0.2) is 36.9 Å². The van der Waals surface area contributed by atoms with E-state index in [0.717, 1.165) is 38.2 Å². The van der Waals surface area contributed by atoms with Crippen molar-refractivity contribution in [3.05, 3.63) is 24.2 Å². The molecule has 0 unspecified atom stereocenters. The maximum Gasteiger partial charge on any atom is 0.310 e. The second kappa shape index (κ2) is 7.62. The number of fused-ring (bicyclic) bond motifs is 3. The van der Waals surface area contributed by atoms with Crippen LogP contribution in [0.2, 0.25) is 0 Å². The Labute approximate surface area is 185 Å². The number of esters is 1. The molecule has 8 atom stereocenters. The third kappa shape index (κ3) is 3.56. The van der Waals surface area contributed by atoms with Gasteiger partial charge in [0.1, 0.15) is 11.9 Å². The molecule has 5 aliphatic rings. The van der Waals surface area contributed by atoms with Gasteiger partial charge in [-0.25, -0.2) is 0 Å². The molecule has 1 aromatic rings. The number of ether oxygens (including phenoxy) is 2. The van der Waals surface area contributed by atoms with Gasteiger partial charge in [0.05, 0.1) is 24.4 Å². The predicted octanol–water partition coefficient (Wildman–Crippen LogP) is 4.50. The van der Waals surface area contributed by atoms with Gasteiger partial charge >= 0.3 is 5.97 Å². The van der Waals surface area contributed by atoms with Crippen LogP contribution in [0.3, 0.4) is 0 Å². The van der Waals surface area contributed by atoms with E-state index in [1.807, 2.05) is 6.07 Å². The fraction of sp³-hybridized carbons (Fsp3) is 0.808. The molecular formula is C26H37NO4. The van der Waals surface area contributed by atoms with E-state index in [0.29, 0.717) is 23.8 Å². The number of epoxide rings is 1. The van der Waals surface area contributed by atoms with E-state index < -0.39 is 0 Å². The Hall–Kier alpha value is -1.33. The molecule has 1 aromatic heterocycles. The fourth-order valence-corrected chi connectivity index (χ4v) is 7.88. The molecule has 0 amide bonds. The molecule has 170 valence electrons. The molecule has 1 N–H and O–H groups in total. The van der Waals surface area contributed by atoms with E-state index in [9.17, 15) is 4.79 Å². The van der Waals surface area contributed by atoms with Crippen LogP contribution in [0.1, 0.15) is 70.5 Å². The number of furan rings is 1. The largest absolute Gasteiger partial charge is 0.469 e. The molecule has 6 rings (SSSR count). The Bertz CT molecular complexity index is 802. The van der Waals surface area contributed by atoms with Crippen molar-refractivity contribution < 1.29 is 18.7 Å². The van der Waals surface area contributed by atoms with Gasteiger partial charge in [0.2, 0.25) is 0 Å². The van der Waals surface area contributed by atoms with Crippen molar-refractivity contribution in [3.8, 4) is 0 Å². The van der Waals surface area contributed by atoms with Crippen molar-refractivity contribution in [2.45, 2.75) is 88.9 Å². The molecule has 5 nitrogen and oxygen atoms in total. The summed E-state index contributed by atoms with van der Waals surface area (Å²) in [6, 6.07) is 4.53. The zero-order chi connectivity index (χ0) is 21.1. The predicted molar refractivity (Wildman–Crippen MR) is 116 cm³/mol. The van der Waals surface area contributed by atoms with Gasteiger partial charge in [-0.2, -0.15) is 0 Å². The van der Waals surface area contributed by atoms with E-state index in [-0.39, 0.29) is 29.0 Å². The third-order valence-corrected chi connectivity index (χ3v) is 9.63. The average Bonchev–Trinajstić information content (AvgIpc) is 3.19. The second-order valence-electron chi connectivity index (χ2n) is 11.4. The Balaban J connectivity index is 1.13. The Morgan fingerprint density at radius 3 is 2.87 bits per heavy atom. The van der Waals surface area contributed by atoms with Gasteiger partial charge in [-0.15, -0.1) is 0 Å². The number of rotatable bonds is 5. The van der Waals surface area contributed by atoms with Crippen molar-refractivity contribution in [2.24, 2.45) is 29.1 Å². The van der Waals surface area contributed by atoms with Crippen molar-refractivity contribution >= 4 is 5.97 Å². The molecule has 3 saturated carbocycles. The number of nitrogens with one attached hydrogen (secondary N) is 1. The summed E-state index contributed by atoms with van der Waals surface area (Å²) in [5, 5.41) is 3.83. The monoisotopic (exact) mass is 427 g/mol. The summed E-state index contributed by atoms with van der Waals surface area (Å²) in [4.78, 5) is 12.9. The molecule has 31 heavy (non-hydrogen) atoms. The summed E-state index contributed by atoms with van der Waals surface area (Å²) < 4.78 is 17.7. The minimum absolute atomic E-state index is 0.00142. The van der Waals surface area contributed by atoms with Crippen LogP contribution in [0, 0.1) is 29.1 Å². The summed E-state index contributed by atoms with van der Waals surface area (Å²) in [6.45, 7) is 4.12. The lowest BCUT2D eigenvalue weighted by Crippen LogP contribution is -2.51. The van der Waals surface area contributed by atoms with Crippen LogP contribution < -0.4 is 5.32 Å². The number of hydrogen-bond donors (Lipinski definition) is 1. The van der Waals surface area contributed by atoms with Crippen LogP contribution in [0.5, 0.6) is 0 Å². The zero-order valence-electron chi connectivity index (χ0n) is 18.8. The fourth-order valence-electron chi connectivity index (χ4n) is 7.88. The second-order valence-corrected chi connectivity index (χ2v) is 11.4. The zero-order valence-corrected chi connectivity index (χ0v) is 18.8. The van der Waals surface area contributed by atoms with Crippen LogP contribution in [0.4, 0.5) is 0 Å². The van der Waals surface area contributed by atoms with Gasteiger partial charge in [0.15, 0.2) is 0 Å². The summed E-state index contributed by atoms with van der Waals surface area (Å²) in [5.41, 5.74) is 0.398. The van der Waals surface area contributed by atoms with Crippen molar-refractivity contribution in [3.63, 3.8) is 0 Å². The maximum absolute atomic E-state index is 12.9. The SMILES string of the molecule is C[C@]12CCC[C@]3(CO3)[C@H]1C[C@H]1[C@@H](C2)OC(=O)[C@@H]1CN[C@@H]1CCCC[C@@H]1Cc1ccco1. The maximum atomic E-state index is 12.9. The lowest BCUT2D eigenvalue weighted by Gasteiger charge is -2.51. The van der Waals surface area contributed by atoms with Crippen LogP contribution in [0.15, 0.2) is 22.8 Å². The van der Waals surface area contributed by atoms with Crippen LogP contribution in [0.25, 0.3) is 0 Å². The van der Waals surface area contributed by atoms with Crippen LogP contribution in [-0.2, 0) is 20.7 Å². The molecule has 3 heterocycles. The van der Waals surface area contributed by atoms with E-state index in [4.69, 9.17) is 13.9 Å². The minimum atomic E-state index is -0.00142. The van der Waals surface area contributed by atoms with Gasteiger partial charge in [-0.05, 0) is 74.3 Å². The number of carbonyl (C=O) groups is 1. The summed E-state index contributed by atoms with van der Waals surface area (Å²) in [5.74, 6) is 2.65. The van der Waals surface area contributed by atoms with Gasteiger partial charge in [0.25, 0.3) is 0 Å². The normalized spacial score (nSPS) is 46.4. The highest BCUT2D eigenvalue weighted by Crippen LogP contribution is 2.62. The molecule has 2 aliphatic heterocycles. The Kier molecular flexibility index (Phi) is 4.99. The molecule has 5 fully saturated rings. The van der Waals surface area contributed by atoms with Gasteiger partial charge in [-0.3, -0.25) is 4.79 Å². The lowest BCUT2D eigenvalue weighted by atomic mass is 9.53. The summed E-state index contributed by atoms with van der Waals surface area (Å²) >= 11 is 0. The highest BCUT2D eigenvalue weighted by Gasteiger charge is 2.65. The first-order chi connectivity index (χ1) is 15.1. The van der Waals surface area contributed by atoms with Gasteiger partial charge in [0, 0.05) is 24.9 Å². The van der Waals surface area contributed by atoms with E-state index in [1.54, 1.807) is 6.26 Å². The molecule has 0 aromatic carbocycles. The molecule has 2 saturated heterocycles. The van der Waals surface area contributed by atoms with E-state index >= 15 is 0 Å². The first-order valence-corrected chi connectivity index (χ1v) is 12.7. The molecule has 0 bridgehead atoms. The van der Waals surface area contributed by atoms with Gasteiger partial charge < -0.3 is 19.2 Å². The van der Waals surface area contributed by atoms with E-state index in [1.165, 1.54) is 44.9 Å². The molecular weight excluding hydrogens is 390 g/mol. The van der Waals surface area contributed by atoms with E-state index in [2.05, 4.69) is 18.3 Å². The Morgan fingerprint density at radius 2 is 2.06 bits per heavy atom. The first kappa shape index (κ1) is 20.3. The topological polar surface area (TPSA) is 64.0 Å². The third-order valence-electron chi connectivity index (χ3n) is 9.63. The average molecular weight is 428 g/mol. The Morgan fingerprint density at radius 1 is 1.19 bits per heavy atom. The smallest absolute Gasteiger partial charge is 0.310 e. The van der Waals surface area contributed by atoms with Crippen molar-refractivity contribution in [1.82, 2.24) is 5.32 Å². The molecule has 1 spiro atoms.